The first kappa shape index (κ1) is 13.3. The molecule has 2 rings (SSSR count). The van der Waals surface area contributed by atoms with Crippen molar-refractivity contribution in [2.24, 2.45) is 0 Å². The average Bonchev–Trinajstić information content (AvgIpc) is 2.41. The van der Waals surface area contributed by atoms with Gasteiger partial charge in [0.1, 0.15) is 5.82 Å². The Morgan fingerprint density at radius 1 is 1.21 bits per heavy atom. The lowest BCUT2D eigenvalue weighted by Gasteiger charge is -2.08. The molecule has 0 aliphatic carbocycles. The van der Waals surface area contributed by atoms with Gasteiger partial charge in [0.15, 0.2) is 0 Å². The van der Waals surface area contributed by atoms with Gasteiger partial charge in [0.25, 0.3) is 5.91 Å². The highest BCUT2D eigenvalue weighted by atomic mass is 19.1. The SMILES string of the molecule is CCc1cccc(NC(=O)c2cc(C)ccc2F)c1. The van der Waals surface area contributed by atoms with E-state index in [1.165, 1.54) is 6.07 Å². The first-order valence-corrected chi connectivity index (χ1v) is 6.26. The molecule has 0 spiro atoms. The smallest absolute Gasteiger partial charge is 0.258 e. The zero-order valence-electron chi connectivity index (χ0n) is 11.0. The van der Waals surface area contributed by atoms with Crippen LogP contribution in [0.5, 0.6) is 0 Å². The van der Waals surface area contributed by atoms with Crippen molar-refractivity contribution in [3.8, 4) is 0 Å². The first-order valence-electron chi connectivity index (χ1n) is 6.26. The van der Waals surface area contributed by atoms with Crippen LogP contribution < -0.4 is 5.32 Å². The van der Waals surface area contributed by atoms with Gasteiger partial charge in [-0.15, -0.1) is 0 Å². The summed E-state index contributed by atoms with van der Waals surface area (Å²) in [5, 5.41) is 2.72. The Morgan fingerprint density at radius 2 is 2.00 bits per heavy atom. The summed E-state index contributed by atoms with van der Waals surface area (Å²) < 4.78 is 13.6. The third-order valence-corrected chi connectivity index (χ3v) is 2.96. The number of aryl methyl sites for hydroxylation is 2. The highest BCUT2D eigenvalue weighted by molar-refractivity contribution is 6.04. The van der Waals surface area contributed by atoms with E-state index in [0.717, 1.165) is 17.5 Å². The minimum Gasteiger partial charge on any atom is -0.322 e. The molecule has 0 aliphatic rings. The largest absolute Gasteiger partial charge is 0.322 e. The molecule has 0 heterocycles. The molecule has 98 valence electrons. The normalized spacial score (nSPS) is 10.3. The van der Waals surface area contributed by atoms with Crippen LogP contribution in [-0.4, -0.2) is 5.91 Å². The Morgan fingerprint density at radius 3 is 2.74 bits per heavy atom. The quantitative estimate of drug-likeness (QED) is 0.886. The molecular weight excluding hydrogens is 241 g/mol. The fourth-order valence-corrected chi connectivity index (χ4v) is 1.88. The fourth-order valence-electron chi connectivity index (χ4n) is 1.88. The maximum absolute atomic E-state index is 13.6. The molecule has 0 unspecified atom stereocenters. The second-order valence-corrected chi connectivity index (χ2v) is 4.49. The number of hydrogen-bond acceptors (Lipinski definition) is 1. The number of anilines is 1. The number of rotatable bonds is 3. The summed E-state index contributed by atoms with van der Waals surface area (Å²) in [6, 6.07) is 12.1. The van der Waals surface area contributed by atoms with Crippen molar-refractivity contribution in [3.05, 3.63) is 65.0 Å². The van der Waals surface area contributed by atoms with E-state index in [0.29, 0.717) is 5.69 Å². The molecular formula is C16H16FNO. The number of carbonyl (C=O) groups is 1. The van der Waals surface area contributed by atoms with Crippen molar-refractivity contribution in [1.82, 2.24) is 0 Å². The van der Waals surface area contributed by atoms with Crippen LogP contribution in [-0.2, 0) is 6.42 Å². The van der Waals surface area contributed by atoms with Gasteiger partial charge in [-0.2, -0.15) is 0 Å². The van der Waals surface area contributed by atoms with Crippen LogP contribution in [0.25, 0.3) is 0 Å². The topological polar surface area (TPSA) is 29.1 Å². The average molecular weight is 257 g/mol. The number of benzene rings is 2. The number of carbonyl (C=O) groups excluding carboxylic acids is 1. The van der Waals surface area contributed by atoms with Gasteiger partial charge in [0.2, 0.25) is 0 Å². The van der Waals surface area contributed by atoms with Crippen LogP contribution in [0.1, 0.15) is 28.4 Å². The zero-order valence-corrected chi connectivity index (χ0v) is 11.0. The van der Waals surface area contributed by atoms with Crippen molar-refractivity contribution in [2.75, 3.05) is 5.32 Å². The molecule has 1 amide bonds. The molecule has 2 aromatic rings. The minimum absolute atomic E-state index is 0.0712. The van der Waals surface area contributed by atoms with Gasteiger partial charge in [-0.3, -0.25) is 4.79 Å². The van der Waals surface area contributed by atoms with Gasteiger partial charge < -0.3 is 5.32 Å². The third-order valence-electron chi connectivity index (χ3n) is 2.96. The summed E-state index contributed by atoms with van der Waals surface area (Å²) in [6.45, 7) is 3.87. The van der Waals surface area contributed by atoms with E-state index in [9.17, 15) is 9.18 Å². The Kier molecular flexibility index (Phi) is 3.95. The van der Waals surface area contributed by atoms with E-state index in [4.69, 9.17) is 0 Å². The van der Waals surface area contributed by atoms with Crippen LogP contribution in [0.15, 0.2) is 42.5 Å². The van der Waals surface area contributed by atoms with E-state index >= 15 is 0 Å². The highest BCUT2D eigenvalue weighted by Crippen LogP contribution is 2.15. The maximum Gasteiger partial charge on any atom is 0.258 e. The monoisotopic (exact) mass is 257 g/mol. The van der Waals surface area contributed by atoms with Crippen LogP contribution >= 0.6 is 0 Å². The lowest BCUT2D eigenvalue weighted by atomic mass is 10.1. The second kappa shape index (κ2) is 5.65. The lowest BCUT2D eigenvalue weighted by molar-refractivity contribution is 0.102. The highest BCUT2D eigenvalue weighted by Gasteiger charge is 2.12. The summed E-state index contributed by atoms with van der Waals surface area (Å²) in [5.41, 5.74) is 2.74. The Labute approximate surface area is 112 Å². The number of amides is 1. The fraction of sp³-hybridized carbons (Fsp3) is 0.188. The molecule has 0 atom stereocenters. The molecule has 3 heteroatoms. The molecule has 19 heavy (non-hydrogen) atoms. The van der Waals surface area contributed by atoms with Gasteiger partial charge in [-0.05, 0) is 43.2 Å². The van der Waals surface area contributed by atoms with E-state index < -0.39 is 11.7 Å². The van der Waals surface area contributed by atoms with Crippen LogP contribution in [0.3, 0.4) is 0 Å². The Bertz CT molecular complexity index is 607. The first-order chi connectivity index (χ1) is 9.10. The predicted octanol–water partition coefficient (Wildman–Crippen LogP) is 3.95. The van der Waals surface area contributed by atoms with Gasteiger partial charge in [0, 0.05) is 5.69 Å². The molecule has 2 nitrogen and oxygen atoms in total. The summed E-state index contributed by atoms with van der Waals surface area (Å²) in [5.74, 6) is -0.927. The van der Waals surface area contributed by atoms with E-state index in [2.05, 4.69) is 5.32 Å². The predicted molar refractivity (Wildman–Crippen MR) is 74.9 cm³/mol. The van der Waals surface area contributed by atoms with Gasteiger partial charge >= 0.3 is 0 Å². The molecule has 0 saturated carbocycles. The molecule has 1 N–H and O–H groups in total. The standard InChI is InChI=1S/C16H16FNO/c1-3-12-5-4-6-13(10-12)18-16(19)14-9-11(2)7-8-15(14)17/h4-10H,3H2,1-2H3,(H,18,19). The van der Waals surface area contributed by atoms with Gasteiger partial charge in [-0.25, -0.2) is 4.39 Å². The molecule has 0 saturated heterocycles. The Hall–Kier alpha value is -2.16. The van der Waals surface area contributed by atoms with E-state index in [1.807, 2.05) is 32.0 Å². The van der Waals surface area contributed by atoms with Crippen LogP contribution in [0.2, 0.25) is 0 Å². The number of hydrogen-bond donors (Lipinski definition) is 1. The lowest BCUT2D eigenvalue weighted by Crippen LogP contribution is -2.14. The number of halogens is 1. The molecule has 0 radical (unpaired) electrons. The summed E-state index contributed by atoms with van der Waals surface area (Å²) in [4.78, 5) is 12.0. The molecule has 0 bridgehead atoms. The van der Waals surface area contributed by atoms with E-state index in [1.54, 1.807) is 18.2 Å². The molecule has 2 aromatic carbocycles. The van der Waals surface area contributed by atoms with Gasteiger partial charge in [-0.1, -0.05) is 30.7 Å². The van der Waals surface area contributed by atoms with E-state index in [-0.39, 0.29) is 5.56 Å². The minimum atomic E-state index is -0.505. The van der Waals surface area contributed by atoms with Crippen LogP contribution in [0, 0.1) is 12.7 Å². The summed E-state index contributed by atoms with van der Waals surface area (Å²) in [7, 11) is 0. The number of nitrogens with one attached hydrogen (secondary N) is 1. The third kappa shape index (κ3) is 3.19. The summed E-state index contributed by atoms with van der Waals surface area (Å²) >= 11 is 0. The van der Waals surface area contributed by atoms with Crippen LogP contribution in [0.4, 0.5) is 10.1 Å². The molecule has 0 fully saturated rings. The molecule has 0 aliphatic heterocycles. The van der Waals surface area contributed by atoms with Crippen molar-refractivity contribution >= 4 is 11.6 Å². The van der Waals surface area contributed by atoms with Crippen molar-refractivity contribution in [2.45, 2.75) is 20.3 Å². The summed E-state index contributed by atoms with van der Waals surface area (Å²) in [6.07, 6.45) is 0.891. The Balaban J connectivity index is 2.23. The molecule has 0 aromatic heterocycles. The maximum atomic E-state index is 13.6. The van der Waals surface area contributed by atoms with Crippen molar-refractivity contribution in [1.29, 1.82) is 0 Å². The second-order valence-electron chi connectivity index (χ2n) is 4.49. The van der Waals surface area contributed by atoms with Crippen molar-refractivity contribution < 1.29 is 9.18 Å². The van der Waals surface area contributed by atoms with Crippen molar-refractivity contribution in [3.63, 3.8) is 0 Å². The zero-order chi connectivity index (χ0) is 13.8. The van der Waals surface area contributed by atoms with Gasteiger partial charge in [0.05, 0.1) is 5.56 Å².